The van der Waals surface area contributed by atoms with E-state index in [1.807, 2.05) is 0 Å². The summed E-state index contributed by atoms with van der Waals surface area (Å²) in [4.78, 5) is 15.1. The van der Waals surface area contributed by atoms with Crippen LogP contribution in [-0.2, 0) is 4.74 Å². The normalized spacial score (nSPS) is 25.7. The summed E-state index contributed by atoms with van der Waals surface area (Å²) < 4.78 is 6.62. The first-order chi connectivity index (χ1) is 7.22. The van der Waals surface area contributed by atoms with Gasteiger partial charge in [0, 0.05) is 6.20 Å². The molecule has 0 radical (unpaired) electrons. The Kier molecular flexibility index (Phi) is 2.94. The molecule has 1 fully saturated rings. The third kappa shape index (κ3) is 1.99. The van der Waals surface area contributed by atoms with Gasteiger partial charge in [0.2, 0.25) is 0 Å². The quantitative estimate of drug-likeness (QED) is 0.704. The Hall–Kier alpha value is -1.05. The average Bonchev–Trinajstić information content (AvgIpc) is 2.66. The fourth-order valence-corrected chi connectivity index (χ4v) is 2.48. The van der Waals surface area contributed by atoms with E-state index in [1.54, 1.807) is 6.07 Å². The number of aromatic nitrogens is 2. The largest absolute Gasteiger partial charge is 0.393 e. The van der Waals surface area contributed by atoms with E-state index >= 15 is 0 Å². The molecule has 1 aromatic heterocycles. The summed E-state index contributed by atoms with van der Waals surface area (Å²) in [7, 11) is 0. The first-order valence-corrected chi connectivity index (χ1v) is 5.37. The molecule has 0 amide bonds. The van der Waals surface area contributed by atoms with Gasteiger partial charge in [0.15, 0.2) is 0 Å². The second-order valence-corrected chi connectivity index (χ2v) is 4.40. The highest BCUT2D eigenvalue weighted by molar-refractivity contribution is 8.00. The number of hydrogen-bond donors (Lipinski definition) is 2. The Balaban J connectivity index is 2.27. The first-order valence-electron chi connectivity index (χ1n) is 4.43. The highest BCUT2D eigenvalue weighted by atomic mass is 32.2. The molecule has 15 heavy (non-hydrogen) atoms. The highest BCUT2D eigenvalue weighted by Gasteiger charge is 2.28. The summed E-state index contributed by atoms with van der Waals surface area (Å²) in [5, 5.41) is 8.68. The number of nitrogen functional groups attached to an aromatic ring is 1. The lowest BCUT2D eigenvalue weighted by Gasteiger charge is -2.13. The van der Waals surface area contributed by atoms with Gasteiger partial charge in [-0.25, -0.2) is 9.78 Å². The summed E-state index contributed by atoms with van der Waals surface area (Å²) >= 11 is 1.36. The smallest absolute Gasteiger partial charge is 0.350 e. The van der Waals surface area contributed by atoms with Crippen LogP contribution < -0.4 is 11.4 Å². The van der Waals surface area contributed by atoms with Gasteiger partial charge in [0.05, 0.1) is 13.2 Å². The Bertz CT molecular complexity index is 408. The third-order valence-corrected chi connectivity index (χ3v) is 3.33. The van der Waals surface area contributed by atoms with Crippen LogP contribution in [0.15, 0.2) is 17.1 Å². The summed E-state index contributed by atoms with van der Waals surface area (Å²) in [6.45, 7) is 0.280. The van der Waals surface area contributed by atoms with E-state index in [-0.39, 0.29) is 17.4 Å². The molecule has 1 aliphatic rings. The van der Waals surface area contributed by atoms with Crippen molar-refractivity contribution in [1.29, 1.82) is 0 Å². The number of anilines is 1. The van der Waals surface area contributed by atoms with Crippen molar-refractivity contribution in [1.82, 2.24) is 9.55 Å². The van der Waals surface area contributed by atoms with E-state index < -0.39 is 5.69 Å². The summed E-state index contributed by atoms with van der Waals surface area (Å²) in [5.41, 5.74) is 5.00. The van der Waals surface area contributed by atoms with Gasteiger partial charge in [-0.3, -0.25) is 4.57 Å². The zero-order valence-electron chi connectivity index (χ0n) is 7.87. The van der Waals surface area contributed by atoms with E-state index in [0.717, 1.165) is 0 Å². The van der Waals surface area contributed by atoms with Crippen molar-refractivity contribution in [3.63, 3.8) is 0 Å². The van der Waals surface area contributed by atoms with Gasteiger partial charge in [-0.05, 0) is 6.07 Å². The van der Waals surface area contributed by atoms with Gasteiger partial charge in [-0.15, -0.1) is 11.8 Å². The molecule has 1 saturated heterocycles. The number of ether oxygens (including phenoxy) is 1. The standard InChI is InChI=1S/C8H11N3O3S/c9-5-1-2-10-8(13)11(5)6-4-14-7(3-12)15-6/h1-2,6-7,12H,3-4,9H2/t6-,7-/m1/s1. The minimum Gasteiger partial charge on any atom is -0.393 e. The molecule has 0 unspecified atom stereocenters. The fourth-order valence-electron chi connectivity index (χ4n) is 1.39. The molecule has 0 bridgehead atoms. The van der Waals surface area contributed by atoms with E-state index in [4.69, 9.17) is 15.6 Å². The zero-order chi connectivity index (χ0) is 10.8. The summed E-state index contributed by atoms with van der Waals surface area (Å²) in [6, 6.07) is 1.56. The maximum atomic E-state index is 11.5. The van der Waals surface area contributed by atoms with Crippen molar-refractivity contribution in [2.75, 3.05) is 18.9 Å². The van der Waals surface area contributed by atoms with Crippen LogP contribution in [0.1, 0.15) is 5.37 Å². The molecule has 2 heterocycles. The second-order valence-electron chi connectivity index (χ2n) is 3.06. The molecule has 1 aromatic rings. The topological polar surface area (TPSA) is 90.4 Å². The van der Waals surface area contributed by atoms with Gasteiger partial charge < -0.3 is 15.6 Å². The SMILES string of the molecule is Nc1ccnc(=O)n1[C@H]1CO[C@@H](CO)S1. The fraction of sp³-hybridized carbons (Fsp3) is 0.500. The van der Waals surface area contributed by atoms with Crippen molar-refractivity contribution in [3.8, 4) is 0 Å². The van der Waals surface area contributed by atoms with Crippen LogP contribution in [0.3, 0.4) is 0 Å². The van der Waals surface area contributed by atoms with E-state index in [9.17, 15) is 4.79 Å². The number of thioether (sulfide) groups is 1. The van der Waals surface area contributed by atoms with Crippen molar-refractivity contribution < 1.29 is 9.84 Å². The number of nitrogens with two attached hydrogens (primary N) is 1. The molecule has 0 saturated carbocycles. The molecule has 3 N–H and O–H groups in total. The summed E-state index contributed by atoms with van der Waals surface area (Å²) in [5.74, 6) is 0.356. The van der Waals surface area contributed by atoms with Crippen LogP contribution in [0.4, 0.5) is 5.82 Å². The van der Waals surface area contributed by atoms with Crippen LogP contribution in [0.25, 0.3) is 0 Å². The molecule has 1 aliphatic heterocycles. The molecule has 2 atom stereocenters. The number of nitrogens with zero attached hydrogens (tertiary/aromatic N) is 2. The molecular weight excluding hydrogens is 218 g/mol. The minimum absolute atomic E-state index is 0.0733. The zero-order valence-corrected chi connectivity index (χ0v) is 8.68. The maximum absolute atomic E-state index is 11.5. The van der Waals surface area contributed by atoms with Gasteiger partial charge in [-0.2, -0.15) is 0 Å². The second kappa shape index (κ2) is 4.21. The van der Waals surface area contributed by atoms with Crippen molar-refractivity contribution in [3.05, 3.63) is 22.7 Å². The van der Waals surface area contributed by atoms with Gasteiger partial charge in [-0.1, -0.05) is 0 Å². The van der Waals surface area contributed by atoms with E-state index in [0.29, 0.717) is 12.4 Å². The Morgan fingerprint density at radius 2 is 2.60 bits per heavy atom. The lowest BCUT2D eigenvalue weighted by molar-refractivity contribution is 0.0805. The van der Waals surface area contributed by atoms with Gasteiger partial charge in [0.25, 0.3) is 0 Å². The first kappa shape index (κ1) is 10.5. The lowest BCUT2D eigenvalue weighted by atomic mass is 10.5. The van der Waals surface area contributed by atoms with Gasteiger partial charge >= 0.3 is 5.69 Å². The highest BCUT2D eigenvalue weighted by Crippen LogP contribution is 2.35. The van der Waals surface area contributed by atoms with Crippen LogP contribution in [0.5, 0.6) is 0 Å². The molecule has 0 spiro atoms. The number of aliphatic hydroxyl groups is 1. The van der Waals surface area contributed by atoms with Crippen LogP contribution >= 0.6 is 11.8 Å². The minimum atomic E-state index is -0.394. The Labute approximate surface area is 90.1 Å². The maximum Gasteiger partial charge on any atom is 0.350 e. The average molecular weight is 229 g/mol. The Morgan fingerprint density at radius 1 is 1.80 bits per heavy atom. The van der Waals surface area contributed by atoms with Crippen LogP contribution in [0, 0.1) is 0 Å². The Morgan fingerprint density at radius 3 is 3.20 bits per heavy atom. The van der Waals surface area contributed by atoms with Crippen molar-refractivity contribution in [2.24, 2.45) is 0 Å². The van der Waals surface area contributed by atoms with Crippen LogP contribution in [0.2, 0.25) is 0 Å². The molecule has 6 nitrogen and oxygen atoms in total. The summed E-state index contributed by atoms with van der Waals surface area (Å²) in [6.07, 6.45) is 1.37. The molecule has 82 valence electrons. The number of rotatable bonds is 2. The van der Waals surface area contributed by atoms with Crippen molar-refractivity contribution >= 4 is 17.6 Å². The predicted octanol–water partition coefficient (Wildman–Crippen LogP) is -0.594. The van der Waals surface area contributed by atoms with Crippen molar-refractivity contribution in [2.45, 2.75) is 10.8 Å². The predicted molar refractivity (Wildman–Crippen MR) is 56.4 cm³/mol. The molecule has 0 aromatic carbocycles. The lowest BCUT2D eigenvalue weighted by Crippen LogP contribution is -2.27. The van der Waals surface area contributed by atoms with E-state index in [2.05, 4.69) is 4.98 Å². The van der Waals surface area contributed by atoms with Gasteiger partial charge in [0.1, 0.15) is 16.6 Å². The monoisotopic (exact) mass is 229 g/mol. The molecule has 7 heteroatoms. The number of aliphatic hydroxyl groups excluding tert-OH is 1. The third-order valence-electron chi connectivity index (χ3n) is 2.09. The van der Waals surface area contributed by atoms with Crippen LogP contribution in [-0.4, -0.2) is 33.3 Å². The molecule has 2 rings (SSSR count). The molecular formula is C8H11N3O3S. The number of hydrogen-bond acceptors (Lipinski definition) is 6. The molecule has 0 aliphatic carbocycles. The van der Waals surface area contributed by atoms with E-state index in [1.165, 1.54) is 22.5 Å².